The molecule has 0 saturated carbocycles. The Balaban J connectivity index is 2.63. The second-order valence-electron chi connectivity index (χ2n) is 3.72. The fraction of sp³-hybridized carbons (Fsp3) is 0.143. The second-order valence-corrected chi connectivity index (χ2v) is 4.57. The van der Waals surface area contributed by atoms with E-state index in [9.17, 15) is 0 Å². The lowest BCUT2D eigenvalue weighted by Crippen LogP contribution is -1.92. The highest BCUT2D eigenvalue weighted by Gasteiger charge is 2.07. The first-order valence-corrected chi connectivity index (χ1v) is 6.45. The number of rotatable bonds is 2. The normalized spacial score (nSPS) is 10.4. The quantitative estimate of drug-likeness (QED) is 0.623. The molecule has 2 aromatic rings. The maximum absolute atomic E-state index is 5.94. The van der Waals surface area contributed by atoms with Gasteiger partial charge in [-0.3, -0.25) is 0 Å². The zero-order valence-corrected chi connectivity index (χ0v) is 10.3. The maximum atomic E-state index is 5.94. The molecular weight excluding hydrogens is 214 g/mol. The van der Waals surface area contributed by atoms with E-state index in [1.54, 1.807) is 11.8 Å². The molecule has 2 heteroatoms. The van der Waals surface area contributed by atoms with Gasteiger partial charge in [0.15, 0.2) is 0 Å². The summed E-state index contributed by atoms with van der Waals surface area (Å²) in [7, 11) is 0. The highest BCUT2D eigenvalue weighted by Crippen LogP contribution is 2.33. The Hall–Kier alpha value is -1.41. The van der Waals surface area contributed by atoms with Gasteiger partial charge in [-0.25, -0.2) is 0 Å². The molecule has 16 heavy (non-hydrogen) atoms. The van der Waals surface area contributed by atoms with E-state index in [0.29, 0.717) is 0 Å². The molecule has 2 rings (SSSR count). The molecule has 1 nitrogen and oxygen atoms in total. The maximum Gasteiger partial charge on any atom is 0.0349 e. The molecule has 2 N–H and O–H groups in total. The predicted octanol–water partition coefficient (Wildman–Crippen LogP) is 3.97. The summed E-state index contributed by atoms with van der Waals surface area (Å²) in [6.45, 7) is 2.07. The molecule has 0 aromatic heterocycles. The van der Waals surface area contributed by atoms with E-state index >= 15 is 0 Å². The third kappa shape index (κ3) is 1.93. The largest absolute Gasteiger partial charge is 0.398 e. The minimum atomic E-state index is 0.855. The highest BCUT2D eigenvalue weighted by atomic mass is 32.2. The molecule has 0 bridgehead atoms. The molecule has 82 valence electrons. The number of anilines is 1. The van der Waals surface area contributed by atoms with Gasteiger partial charge < -0.3 is 5.73 Å². The van der Waals surface area contributed by atoms with Crippen molar-refractivity contribution in [2.24, 2.45) is 0 Å². The summed E-state index contributed by atoms with van der Waals surface area (Å²) < 4.78 is 0. The van der Waals surface area contributed by atoms with Crippen molar-refractivity contribution < 1.29 is 0 Å². The van der Waals surface area contributed by atoms with Gasteiger partial charge in [0.2, 0.25) is 0 Å². The number of hydrogen-bond donors (Lipinski definition) is 1. The molecule has 0 aliphatic rings. The SMILES string of the molecule is CSc1ccccc1-c1cccc(N)c1C. The Morgan fingerprint density at radius 2 is 1.62 bits per heavy atom. The summed E-state index contributed by atoms with van der Waals surface area (Å²) in [4.78, 5) is 1.29. The first kappa shape index (κ1) is 11.1. The van der Waals surface area contributed by atoms with Crippen molar-refractivity contribution in [2.45, 2.75) is 11.8 Å². The zero-order chi connectivity index (χ0) is 11.5. The summed E-state index contributed by atoms with van der Waals surface area (Å²) in [5.74, 6) is 0. The summed E-state index contributed by atoms with van der Waals surface area (Å²) in [6, 6.07) is 14.5. The van der Waals surface area contributed by atoms with Crippen LogP contribution in [0.4, 0.5) is 5.69 Å². The molecule has 0 atom stereocenters. The van der Waals surface area contributed by atoms with Crippen LogP contribution in [0.25, 0.3) is 11.1 Å². The molecular formula is C14H15NS. The van der Waals surface area contributed by atoms with Gasteiger partial charge in [0, 0.05) is 10.6 Å². The summed E-state index contributed by atoms with van der Waals surface area (Å²) in [5, 5.41) is 0. The topological polar surface area (TPSA) is 26.0 Å². The van der Waals surface area contributed by atoms with Crippen LogP contribution in [-0.2, 0) is 0 Å². The molecule has 0 radical (unpaired) electrons. The Morgan fingerprint density at radius 1 is 0.938 bits per heavy atom. The molecule has 2 aromatic carbocycles. The molecule has 0 aliphatic heterocycles. The number of nitrogen functional groups attached to an aromatic ring is 1. The van der Waals surface area contributed by atoms with Crippen LogP contribution < -0.4 is 5.73 Å². The third-order valence-corrected chi connectivity index (χ3v) is 3.57. The molecule has 0 aliphatic carbocycles. The molecule has 0 amide bonds. The first-order valence-electron chi connectivity index (χ1n) is 5.22. The van der Waals surface area contributed by atoms with E-state index in [2.05, 4.69) is 43.5 Å². The minimum absolute atomic E-state index is 0.855. The molecule has 0 heterocycles. The summed E-state index contributed by atoms with van der Waals surface area (Å²) in [5.41, 5.74) is 10.4. The first-order chi connectivity index (χ1) is 7.74. The van der Waals surface area contributed by atoms with Gasteiger partial charge >= 0.3 is 0 Å². The van der Waals surface area contributed by atoms with E-state index in [1.165, 1.54) is 16.0 Å². The smallest absolute Gasteiger partial charge is 0.0349 e. The molecule has 0 saturated heterocycles. The second kappa shape index (κ2) is 4.62. The van der Waals surface area contributed by atoms with Crippen molar-refractivity contribution in [3.63, 3.8) is 0 Å². The fourth-order valence-corrected chi connectivity index (χ4v) is 2.43. The standard InChI is InChI=1S/C14H15NS/c1-10-11(7-5-8-13(10)15)12-6-3-4-9-14(12)16-2/h3-9H,15H2,1-2H3. The van der Waals surface area contributed by atoms with Crippen molar-refractivity contribution in [3.8, 4) is 11.1 Å². The average molecular weight is 229 g/mol. The van der Waals surface area contributed by atoms with Crippen molar-refractivity contribution in [1.82, 2.24) is 0 Å². The Morgan fingerprint density at radius 3 is 2.38 bits per heavy atom. The van der Waals surface area contributed by atoms with Crippen LogP contribution in [0.2, 0.25) is 0 Å². The molecule has 0 unspecified atom stereocenters. The summed E-state index contributed by atoms with van der Waals surface area (Å²) >= 11 is 1.76. The van der Waals surface area contributed by atoms with Gasteiger partial charge in [-0.2, -0.15) is 0 Å². The molecule has 0 spiro atoms. The lowest BCUT2D eigenvalue weighted by atomic mass is 9.99. The van der Waals surface area contributed by atoms with Crippen LogP contribution in [0.15, 0.2) is 47.4 Å². The average Bonchev–Trinajstić information content (AvgIpc) is 2.33. The predicted molar refractivity (Wildman–Crippen MR) is 72.8 cm³/mol. The van der Waals surface area contributed by atoms with Gasteiger partial charge in [0.25, 0.3) is 0 Å². The van der Waals surface area contributed by atoms with Gasteiger partial charge in [-0.1, -0.05) is 30.3 Å². The highest BCUT2D eigenvalue weighted by molar-refractivity contribution is 7.98. The van der Waals surface area contributed by atoms with Crippen LogP contribution in [0.1, 0.15) is 5.56 Å². The number of nitrogens with two attached hydrogens (primary N) is 1. The van der Waals surface area contributed by atoms with Crippen LogP contribution in [0.5, 0.6) is 0 Å². The van der Waals surface area contributed by atoms with Gasteiger partial charge in [-0.15, -0.1) is 11.8 Å². The van der Waals surface area contributed by atoms with Crippen molar-refractivity contribution in [2.75, 3.05) is 12.0 Å². The Bertz CT molecular complexity index is 506. The minimum Gasteiger partial charge on any atom is -0.398 e. The van der Waals surface area contributed by atoms with Crippen LogP contribution in [-0.4, -0.2) is 6.26 Å². The van der Waals surface area contributed by atoms with Gasteiger partial charge in [0.1, 0.15) is 0 Å². The Kier molecular flexibility index (Phi) is 3.20. The van der Waals surface area contributed by atoms with Gasteiger partial charge in [-0.05, 0) is 42.0 Å². The van der Waals surface area contributed by atoms with Gasteiger partial charge in [0.05, 0.1) is 0 Å². The van der Waals surface area contributed by atoms with E-state index in [0.717, 1.165) is 11.3 Å². The third-order valence-electron chi connectivity index (χ3n) is 2.77. The van der Waals surface area contributed by atoms with E-state index in [1.807, 2.05) is 12.1 Å². The lowest BCUT2D eigenvalue weighted by Gasteiger charge is -2.11. The van der Waals surface area contributed by atoms with E-state index < -0.39 is 0 Å². The van der Waals surface area contributed by atoms with Crippen molar-refractivity contribution in [3.05, 3.63) is 48.0 Å². The monoisotopic (exact) mass is 229 g/mol. The number of benzene rings is 2. The lowest BCUT2D eigenvalue weighted by molar-refractivity contribution is 1.40. The van der Waals surface area contributed by atoms with Crippen molar-refractivity contribution >= 4 is 17.4 Å². The number of thioether (sulfide) groups is 1. The van der Waals surface area contributed by atoms with Crippen LogP contribution in [0, 0.1) is 6.92 Å². The van der Waals surface area contributed by atoms with Crippen LogP contribution >= 0.6 is 11.8 Å². The zero-order valence-electron chi connectivity index (χ0n) is 9.53. The number of hydrogen-bond acceptors (Lipinski definition) is 2. The van der Waals surface area contributed by atoms with Crippen molar-refractivity contribution in [1.29, 1.82) is 0 Å². The Labute approximate surface area is 101 Å². The van der Waals surface area contributed by atoms with E-state index in [4.69, 9.17) is 5.73 Å². The fourth-order valence-electron chi connectivity index (χ4n) is 1.81. The van der Waals surface area contributed by atoms with Crippen LogP contribution in [0.3, 0.4) is 0 Å². The summed E-state index contributed by atoms with van der Waals surface area (Å²) in [6.07, 6.45) is 2.10. The molecule has 0 fully saturated rings. The van der Waals surface area contributed by atoms with E-state index in [-0.39, 0.29) is 0 Å².